The van der Waals surface area contributed by atoms with Crippen molar-refractivity contribution in [2.75, 3.05) is 25.0 Å². The average Bonchev–Trinajstić information content (AvgIpc) is 3.60. The second-order valence-corrected chi connectivity index (χ2v) is 8.62. The van der Waals surface area contributed by atoms with Crippen LogP contribution < -0.4 is 5.32 Å². The van der Waals surface area contributed by atoms with Gasteiger partial charge in [0.05, 0.1) is 31.8 Å². The Morgan fingerprint density at radius 2 is 1.65 bits per heavy atom. The molecule has 0 radical (unpaired) electrons. The number of para-hydroxylation sites is 1. The van der Waals surface area contributed by atoms with E-state index < -0.39 is 24.3 Å². The third-order valence-electron chi connectivity index (χ3n) is 5.41. The lowest BCUT2D eigenvalue weighted by Crippen LogP contribution is -2.43. The number of benzene rings is 1. The molecule has 1 aliphatic heterocycles. The molecule has 1 saturated heterocycles. The largest absolute Gasteiger partial charge is 0.490 e. The van der Waals surface area contributed by atoms with E-state index in [-0.39, 0.29) is 6.10 Å². The lowest BCUT2D eigenvalue weighted by atomic mass is 10.2. The third-order valence-corrected chi connectivity index (χ3v) is 5.41. The number of nitrogens with zero attached hydrogens (tertiary/aromatic N) is 6. The van der Waals surface area contributed by atoms with Crippen LogP contribution in [0.5, 0.6) is 0 Å². The van der Waals surface area contributed by atoms with Crippen LogP contribution in [0.25, 0.3) is 11.2 Å². The number of carboxylic acid groups (broad SMARTS) is 2. The van der Waals surface area contributed by atoms with Crippen LogP contribution >= 0.6 is 0 Å². The first-order valence-corrected chi connectivity index (χ1v) is 12.1. The van der Waals surface area contributed by atoms with E-state index in [1.807, 2.05) is 36.4 Å². The van der Waals surface area contributed by atoms with Gasteiger partial charge in [0.25, 0.3) is 0 Å². The van der Waals surface area contributed by atoms with E-state index in [0.29, 0.717) is 30.1 Å². The Morgan fingerprint density at radius 1 is 1.00 bits per heavy atom. The molecule has 0 aliphatic carbocycles. The van der Waals surface area contributed by atoms with Crippen LogP contribution in [-0.4, -0.2) is 90.2 Å². The highest BCUT2D eigenvalue weighted by atomic mass is 19.4. The van der Waals surface area contributed by atoms with Gasteiger partial charge in [-0.15, -0.1) is 5.10 Å². The SMILES string of the molecule is O=C(O)C(F)(F)F.O=C(O)C(F)(F)F.c1ccc(Nc2ncnc3c2nnn3CC2CN(Cc3ccoc3)CCO2)cc1. The van der Waals surface area contributed by atoms with Crippen molar-refractivity contribution in [3.05, 3.63) is 60.8 Å². The lowest BCUT2D eigenvalue weighted by Gasteiger charge is -2.32. The number of aliphatic carboxylic acids is 2. The highest BCUT2D eigenvalue weighted by Gasteiger charge is 2.38. The Balaban J connectivity index is 0.000000303. The molecule has 1 fully saturated rings. The number of halogens is 6. The molecule has 19 heteroatoms. The predicted octanol–water partition coefficient (Wildman–Crippen LogP) is 3.73. The van der Waals surface area contributed by atoms with E-state index in [0.717, 1.165) is 25.3 Å². The average molecular weight is 619 g/mol. The molecule has 43 heavy (non-hydrogen) atoms. The number of aromatic nitrogens is 5. The van der Waals surface area contributed by atoms with Gasteiger partial charge in [0.1, 0.15) is 6.33 Å². The molecule has 4 aromatic rings. The van der Waals surface area contributed by atoms with Gasteiger partial charge in [-0.3, -0.25) is 4.90 Å². The summed E-state index contributed by atoms with van der Waals surface area (Å²) in [5, 5.41) is 26.1. The molecule has 0 spiro atoms. The number of anilines is 2. The van der Waals surface area contributed by atoms with Crippen LogP contribution in [0.1, 0.15) is 5.56 Å². The van der Waals surface area contributed by atoms with Crippen molar-refractivity contribution in [2.24, 2.45) is 0 Å². The Hall–Kier alpha value is -4.78. The van der Waals surface area contributed by atoms with Crippen LogP contribution in [0.4, 0.5) is 37.8 Å². The number of hydrogen-bond donors (Lipinski definition) is 3. The van der Waals surface area contributed by atoms with Gasteiger partial charge in [-0.05, 0) is 18.2 Å². The summed E-state index contributed by atoms with van der Waals surface area (Å²) < 4.78 is 76.4. The zero-order valence-corrected chi connectivity index (χ0v) is 21.8. The zero-order chi connectivity index (χ0) is 31.6. The van der Waals surface area contributed by atoms with Gasteiger partial charge in [0, 0.05) is 30.9 Å². The Labute approximate surface area is 237 Å². The van der Waals surface area contributed by atoms with Crippen molar-refractivity contribution in [2.45, 2.75) is 31.5 Å². The molecule has 5 rings (SSSR count). The number of hydrogen-bond acceptors (Lipinski definition) is 10. The maximum absolute atomic E-state index is 10.6. The van der Waals surface area contributed by atoms with E-state index >= 15 is 0 Å². The molecule has 1 aliphatic rings. The monoisotopic (exact) mass is 619 g/mol. The molecule has 0 saturated carbocycles. The molecular formula is C24H23F6N7O6. The number of nitrogens with one attached hydrogen (secondary N) is 1. The minimum absolute atomic E-state index is 0.0149. The summed E-state index contributed by atoms with van der Waals surface area (Å²) in [6, 6.07) is 11.8. The predicted molar refractivity (Wildman–Crippen MR) is 134 cm³/mol. The number of carbonyl (C=O) groups is 2. The molecule has 1 unspecified atom stereocenters. The maximum Gasteiger partial charge on any atom is 0.490 e. The first-order chi connectivity index (χ1) is 20.2. The van der Waals surface area contributed by atoms with E-state index in [1.54, 1.807) is 17.2 Å². The van der Waals surface area contributed by atoms with Gasteiger partial charge in [-0.25, -0.2) is 24.2 Å². The van der Waals surface area contributed by atoms with Gasteiger partial charge in [0.2, 0.25) is 0 Å². The quantitative estimate of drug-likeness (QED) is 0.268. The molecule has 3 aromatic heterocycles. The van der Waals surface area contributed by atoms with Gasteiger partial charge < -0.3 is 24.7 Å². The summed E-state index contributed by atoms with van der Waals surface area (Å²) in [6.07, 6.45) is -5.13. The van der Waals surface area contributed by atoms with Crippen LogP contribution in [-0.2, 0) is 27.4 Å². The fourth-order valence-electron chi connectivity index (χ4n) is 3.53. The summed E-state index contributed by atoms with van der Waals surface area (Å²) in [4.78, 5) is 28.9. The highest BCUT2D eigenvalue weighted by molar-refractivity contribution is 5.84. The number of rotatable bonds is 6. The smallest absolute Gasteiger partial charge is 0.475 e. The minimum atomic E-state index is -5.08. The van der Waals surface area contributed by atoms with Gasteiger partial charge in [-0.1, -0.05) is 23.4 Å². The standard InChI is InChI=1S/C20H21N7O2.2C2HF3O2/c1-2-4-16(5-3-1)23-19-18-20(22-14-21-19)27(25-24-18)12-17-11-26(7-9-29-17)10-15-6-8-28-13-15;2*3-2(4,5)1(6)7/h1-6,8,13-14,17H,7,9-12H2,(H,21,22,23);2*(H,6,7). The molecular weight excluding hydrogens is 596 g/mol. The first-order valence-electron chi connectivity index (χ1n) is 12.1. The van der Waals surface area contributed by atoms with Crippen LogP contribution in [0, 0.1) is 0 Å². The van der Waals surface area contributed by atoms with Crippen LogP contribution in [0.15, 0.2) is 59.7 Å². The maximum atomic E-state index is 10.6. The second kappa shape index (κ2) is 14.4. The first kappa shape index (κ1) is 32.7. The molecule has 13 nitrogen and oxygen atoms in total. The summed E-state index contributed by atoms with van der Waals surface area (Å²) in [5.41, 5.74) is 3.44. The Kier molecular flexibility index (Phi) is 11.0. The topological polar surface area (TPSA) is 169 Å². The van der Waals surface area contributed by atoms with Crippen molar-refractivity contribution in [1.82, 2.24) is 29.9 Å². The minimum Gasteiger partial charge on any atom is -0.475 e. The summed E-state index contributed by atoms with van der Waals surface area (Å²) >= 11 is 0. The van der Waals surface area contributed by atoms with E-state index in [1.165, 1.54) is 11.9 Å². The molecule has 1 atom stereocenters. The summed E-state index contributed by atoms with van der Waals surface area (Å²) in [5.74, 6) is -4.88. The Morgan fingerprint density at radius 3 is 2.23 bits per heavy atom. The number of fused-ring (bicyclic) bond motifs is 1. The lowest BCUT2D eigenvalue weighted by molar-refractivity contribution is -0.193. The van der Waals surface area contributed by atoms with E-state index in [4.69, 9.17) is 29.0 Å². The molecule has 1 aromatic carbocycles. The zero-order valence-electron chi connectivity index (χ0n) is 21.8. The number of alkyl halides is 6. The van der Waals surface area contributed by atoms with Crippen LogP contribution in [0.3, 0.4) is 0 Å². The molecule has 0 amide bonds. The van der Waals surface area contributed by atoms with E-state index in [2.05, 4.69) is 30.5 Å². The van der Waals surface area contributed by atoms with E-state index in [9.17, 15) is 26.3 Å². The van der Waals surface area contributed by atoms with Gasteiger partial charge >= 0.3 is 24.3 Å². The third kappa shape index (κ3) is 10.2. The highest BCUT2D eigenvalue weighted by Crippen LogP contribution is 2.21. The number of morpholine rings is 1. The summed E-state index contributed by atoms with van der Waals surface area (Å²) in [6.45, 7) is 3.83. The number of carboxylic acids is 2. The van der Waals surface area contributed by atoms with Crippen molar-refractivity contribution >= 4 is 34.6 Å². The molecule has 3 N–H and O–H groups in total. The molecule has 232 valence electrons. The summed E-state index contributed by atoms with van der Waals surface area (Å²) in [7, 11) is 0. The molecule has 4 heterocycles. The number of ether oxygens (including phenoxy) is 1. The van der Waals surface area contributed by atoms with Crippen molar-refractivity contribution in [1.29, 1.82) is 0 Å². The second-order valence-electron chi connectivity index (χ2n) is 8.62. The van der Waals surface area contributed by atoms with Crippen LogP contribution in [0.2, 0.25) is 0 Å². The van der Waals surface area contributed by atoms with Gasteiger partial charge in [0.15, 0.2) is 17.0 Å². The fourth-order valence-corrected chi connectivity index (χ4v) is 3.53. The van der Waals surface area contributed by atoms with Crippen molar-refractivity contribution in [3.63, 3.8) is 0 Å². The molecule has 0 bridgehead atoms. The normalized spacial score (nSPS) is 15.5. The number of furan rings is 1. The van der Waals surface area contributed by atoms with Gasteiger partial charge in [-0.2, -0.15) is 26.3 Å². The Bertz CT molecular complexity index is 1440. The van der Waals surface area contributed by atoms with Crippen molar-refractivity contribution in [3.8, 4) is 0 Å². The van der Waals surface area contributed by atoms with Crippen molar-refractivity contribution < 1.29 is 55.3 Å². The fraction of sp³-hybridized carbons (Fsp3) is 0.333.